The minimum atomic E-state index is -3.99. The highest BCUT2D eigenvalue weighted by atomic mass is 32.2. The lowest BCUT2D eigenvalue weighted by molar-refractivity contribution is -0.161. The lowest BCUT2D eigenvalue weighted by atomic mass is 9.79. The van der Waals surface area contributed by atoms with E-state index in [2.05, 4.69) is 5.32 Å². The van der Waals surface area contributed by atoms with Crippen LogP contribution in [-0.4, -0.2) is 62.1 Å². The number of hydrogen-bond donors (Lipinski definition) is 2. The molecule has 0 radical (unpaired) electrons. The molecule has 0 saturated heterocycles. The number of rotatable bonds is 16. The summed E-state index contributed by atoms with van der Waals surface area (Å²) in [4.78, 5) is 26.8. The standard InChI is InChI=1S/C35H46N2O7S/c1-25(2)22-37(45(41,42)30-19-17-29(43-6)18-20-30)23-32(38)31(21-27-13-9-7-10-14-27)36-33(39)26(3)35(4,5)34(40)44-24-28-15-11-8-12-16-28/h7-20,25-26,31-32,38H,21-24H2,1-6H3,(H,36,39)/t26-,31-,32+/m1/s1. The SMILES string of the molecule is COc1ccc(S(=O)(=O)N(CC(C)C)C[C@H](O)[C@@H](Cc2ccccc2)NC(=O)[C@@H](C)C(C)(C)C(=O)OCc2ccccc2)cc1. The van der Waals surface area contributed by atoms with Crippen molar-refractivity contribution >= 4 is 21.9 Å². The van der Waals surface area contributed by atoms with Crippen LogP contribution in [0.2, 0.25) is 0 Å². The van der Waals surface area contributed by atoms with Gasteiger partial charge in [-0.15, -0.1) is 0 Å². The molecule has 10 heteroatoms. The number of methoxy groups -OCH3 is 1. The molecule has 45 heavy (non-hydrogen) atoms. The first-order valence-corrected chi connectivity index (χ1v) is 16.6. The molecule has 3 rings (SSSR count). The van der Waals surface area contributed by atoms with Crippen LogP contribution in [0.25, 0.3) is 0 Å². The van der Waals surface area contributed by atoms with Crippen LogP contribution in [0.15, 0.2) is 89.8 Å². The van der Waals surface area contributed by atoms with E-state index in [1.807, 2.05) is 74.5 Å². The maximum Gasteiger partial charge on any atom is 0.312 e. The van der Waals surface area contributed by atoms with E-state index in [9.17, 15) is 23.1 Å². The van der Waals surface area contributed by atoms with Crippen molar-refractivity contribution in [2.24, 2.45) is 17.3 Å². The normalized spacial score (nSPS) is 14.1. The molecule has 0 saturated carbocycles. The van der Waals surface area contributed by atoms with Crippen LogP contribution in [0.3, 0.4) is 0 Å². The predicted octanol–water partition coefficient (Wildman–Crippen LogP) is 4.84. The molecule has 0 aliphatic rings. The van der Waals surface area contributed by atoms with Crippen molar-refractivity contribution in [3.05, 3.63) is 96.1 Å². The number of carbonyl (C=O) groups excluding carboxylic acids is 2. The number of aliphatic hydroxyl groups is 1. The van der Waals surface area contributed by atoms with E-state index in [-0.39, 0.29) is 36.9 Å². The van der Waals surface area contributed by atoms with Gasteiger partial charge in [-0.25, -0.2) is 8.42 Å². The summed E-state index contributed by atoms with van der Waals surface area (Å²) in [5.41, 5.74) is 0.507. The first-order valence-electron chi connectivity index (χ1n) is 15.1. The van der Waals surface area contributed by atoms with Gasteiger partial charge in [0.2, 0.25) is 15.9 Å². The van der Waals surface area contributed by atoms with Crippen LogP contribution in [0.1, 0.15) is 45.7 Å². The molecule has 0 aliphatic heterocycles. The Morgan fingerprint density at radius 2 is 1.42 bits per heavy atom. The van der Waals surface area contributed by atoms with E-state index in [0.717, 1.165) is 11.1 Å². The number of nitrogens with zero attached hydrogens (tertiary/aromatic N) is 1. The van der Waals surface area contributed by atoms with Crippen LogP contribution >= 0.6 is 0 Å². The third-order valence-electron chi connectivity index (χ3n) is 7.96. The third-order valence-corrected chi connectivity index (χ3v) is 9.81. The van der Waals surface area contributed by atoms with Crippen molar-refractivity contribution in [3.63, 3.8) is 0 Å². The number of sulfonamides is 1. The molecular weight excluding hydrogens is 592 g/mol. The fourth-order valence-corrected chi connectivity index (χ4v) is 6.40. The minimum absolute atomic E-state index is 0.0323. The number of aliphatic hydroxyl groups excluding tert-OH is 1. The molecule has 3 aromatic carbocycles. The molecule has 0 aromatic heterocycles. The number of hydrogen-bond acceptors (Lipinski definition) is 7. The van der Waals surface area contributed by atoms with Gasteiger partial charge in [0.1, 0.15) is 12.4 Å². The number of amides is 1. The molecule has 0 fully saturated rings. The van der Waals surface area contributed by atoms with E-state index >= 15 is 0 Å². The third kappa shape index (κ3) is 9.88. The van der Waals surface area contributed by atoms with Gasteiger partial charge in [-0.1, -0.05) is 81.4 Å². The van der Waals surface area contributed by atoms with E-state index in [1.165, 1.54) is 23.5 Å². The molecule has 0 spiro atoms. The van der Waals surface area contributed by atoms with E-state index in [0.29, 0.717) is 5.75 Å². The van der Waals surface area contributed by atoms with Crippen LogP contribution in [-0.2, 0) is 37.4 Å². The zero-order valence-electron chi connectivity index (χ0n) is 27.0. The largest absolute Gasteiger partial charge is 0.497 e. The average Bonchev–Trinajstić information content (AvgIpc) is 3.03. The Morgan fingerprint density at radius 3 is 1.96 bits per heavy atom. The first-order chi connectivity index (χ1) is 21.2. The highest BCUT2D eigenvalue weighted by Gasteiger charge is 2.41. The fraction of sp³-hybridized carbons (Fsp3) is 0.429. The van der Waals surface area contributed by atoms with Crippen LogP contribution < -0.4 is 10.1 Å². The van der Waals surface area contributed by atoms with Gasteiger partial charge in [0.25, 0.3) is 0 Å². The quantitative estimate of drug-likeness (QED) is 0.216. The summed E-state index contributed by atoms with van der Waals surface area (Å²) >= 11 is 0. The van der Waals surface area contributed by atoms with Gasteiger partial charge in [0.05, 0.1) is 35.5 Å². The minimum Gasteiger partial charge on any atom is -0.497 e. The molecule has 2 N–H and O–H groups in total. The molecule has 0 aliphatic carbocycles. The predicted molar refractivity (Wildman–Crippen MR) is 174 cm³/mol. The van der Waals surface area contributed by atoms with E-state index in [1.54, 1.807) is 32.9 Å². The van der Waals surface area contributed by atoms with Crippen molar-refractivity contribution in [2.75, 3.05) is 20.2 Å². The van der Waals surface area contributed by atoms with Gasteiger partial charge in [-0.05, 0) is 61.6 Å². The summed E-state index contributed by atoms with van der Waals surface area (Å²) in [6.07, 6.45) is -1.02. The molecule has 0 heterocycles. The average molecular weight is 639 g/mol. The highest BCUT2D eigenvalue weighted by Crippen LogP contribution is 2.29. The van der Waals surface area contributed by atoms with E-state index in [4.69, 9.17) is 9.47 Å². The Labute approximate surface area is 267 Å². The monoisotopic (exact) mass is 638 g/mol. The molecule has 3 atom stereocenters. The summed E-state index contributed by atoms with van der Waals surface area (Å²) in [6.45, 7) is 8.73. The van der Waals surface area contributed by atoms with Gasteiger partial charge < -0.3 is 19.9 Å². The first kappa shape index (κ1) is 35.7. The number of benzene rings is 3. The summed E-state index contributed by atoms with van der Waals surface area (Å²) in [7, 11) is -2.49. The number of carbonyl (C=O) groups is 2. The van der Waals surface area contributed by atoms with Crippen molar-refractivity contribution in [3.8, 4) is 5.75 Å². The van der Waals surface area contributed by atoms with Crippen LogP contribution in [0.4, 0.5) is 0 Å². The Bertz CT molecular complexity index is 1480. The molecular formula is C35H46N2O7S. The molecule has 0 bridgehead atoms. The van der Waals surface area contributed by atoms with Crippen LogP contribution in [0.5, 0.6) is 5.75 Å². The molecule has 244 valence electrons. The summed E-state index contributed by atoms with van der Waals surface area (Å²) in [5, 5.41) is 14.5. The van der Waals surface area contributed by atoms with Gasteiger partial charge in [0.15, 0.2) is 0 Å². The van der Waals surface area contributed by atoms with Gasteiger partial charge in [0, 0.05) is 13.1 Å². The second kappa shape index (κ2) is 16.0. The van der Waals surface area contributed by atoms with Crippen LogP contribution in [0, 0.1) is 17.3 Å². The molecule has 0 unspecified atom stereocenters. The van der Waals surface area contributed by atoms with Crippen molar-refractivity contribution < 1.29 is 32.6 Å². The van der Waals surface area contributed by atoms with Crippen molar-refractivity contribution in [1.82, 2.24) is 9.62 Å². The Morgan fingerprint density at radius 1 is 0.867 bits per heavy atom. The topological polar surface area (TPSA) is 122 Å². The Balaban J connectivity index is 1.82. The molecule has 3 aromatic rings. The van der Waals surface area contributed by atoms with Gasteiger partial charge in [-0.2, -0.15) is 4.31 Å². The summed E-state index contributed by atoms with van der Waals surface area (Å²) < 4.78 is 39.4. The summed E-state index contributed by atoms with van der Waals surface area (Å²) in [5.74, 6) is -1.31. The zero-order chi connectivity index (χ0) is 33.2. The summed E-state index contributed by atoms with van der Waals surface area (Å²) in [6, 6.07) is 23.8. The lowest BCUT2D eigenvalue weighted by Crippen LogP contribution is -2.53. The maximum atomic E-state index is 13.7. The maximum absolute atomic E-state index is 13.7. The second-order valence-electron chi connectivity index (χ2n) is 12.3. The van der Waals surface area contributed by atoms with Crippen molar-refractivity contribution in [2.45, 2.75) is 64.7 Å². The smallest absolute Gasteiger partial charge is 0.312 e. The van der Waals surface area contributed by atoms with Gasteiger partial charge >= 0.3 is 5.97 Å². The number of ether oxygens (including phenoxy) is 2. The highest BCUT2D eigenvalue weighted by molar-refractivity contribution is 7.89. The lowest BCUT2D eigenvalue weighted by Gasteiger charge is -2.33. The molecule has 9 nitrogen and oxygen atoms in total. The molecule has 1 amide bonds. The van der Waals surface area contributed by atoms with Gasteiger partial charge in [-0.3, -0.25) is 9.59 Å². The second-order valence-corrected chi connectivity index (χ2v) is 14.2. The number of esters is 1. The number of nitrogens with one attached hydrogen (secondary N) is 1. The Kier molecular flexibility index (Phi) is 12.7. The van der Waals surface area contributed by atoms with Crippen molar-refractivity contribution in [1.29, 1.82) is 0 Å². The fourth-order valence-electron chi connectivity index (χ4n) is 4.78. The Hall–Kier alpha value is -3.73. The zero-order valence-corrected chi connectivity index (χ0v) is 27.8. The van der Waals surface area contributed by atoms with E-state index < -0.39 is 45.4 Å².